The summed E-state index contributed by atoms with van der Waals surface area (Å²) in [5, 5.41) is 3.42. The predicted molar refractivity (Wildman–Crippen MR) is 97.1 cm³/mol. The second kappa shape index (κ2) is 6.49. The second-order valence-corrected chi connectivity index (χ2v) is 8.00. The van der Waals surface area contributed by atoms with Crippen LogP contribution >= 0.6 is 23.2 Å². The van der Waals surface area contributed by atoms with Gasteiger partial charge in [0.2, 0.25) is 5.91 Å². The topological polar surface area (TPSA) is 97.5 Å². The molecule has 3 rings (SSSR count). The Balaban J connectivity index is 2.25. The van der Waals surface area contributed by atoms with Crippen LogP contribution in [0.5, 0.6) is 0 Å². The smallest absolute Gasteiger partial charge is 0.274 e. The molecule has 0 saturated carbocycles. The van der Waals surface area contributed by atoms with Crippen LogP contribution in [0.1, 0.15) is 18.3 Å². The van der Waals surface area contributed by atoms with E-state index >= 15 is 0 Å². The van der Waals surface area contributed by atoms with Crippen LogP contribution in [0.25, 0.3) is 5.78 Å². The molecule has 0 aliphatic carbocycles. The fraction of sp³-hybridized carbons (Fsp3) is 0.200. The van der Waals surface area contributed by atoms with Gasteiger partial charge in [-0.25, -0.2) is 9.50 Å². The van der Waals surface area contributed by atoms with E-state index < -0.39 is 21.1 Å². The molecular formula is C15H13Cl2N5O3S. The predicted octanol–water partition coefficient (Wildman–Crippen LogP) is 2.79. The first-order valence-electron chi connectivity index (χ1n) is 7.34. The maximum atomic E-state index is 13.1. The lowest BCUT2D eigenvalue weighted by Crippen LogP contribution is -2.36. The number of fused-ring (bicyclic) bond motifs is 1. The van der Waals surface area contributed by atoms with Crippen LogP contribution in [0.3, 0.4) is 0 Å². The Morgan fingerprint density at radius 3 is 2.35 bits per heavy atom. The van der Waals surface area contributed by atoms with Gasteiger partial charge < -0.3 is 0 Å². The van der Waals surface area contributed by atoms with Crippen LogP contribution in [0.15, 0.2) is 29.4 Å². The van der Waals surface area contributed by atoms with Crippen molar-refractivity contribution in [2.75, 3.05) is 4.31 Å². The molecule has 0 bridgehead atoms. The average Bonchev–Trinajstić information content (AvgIpc) is 2.95. The normalized spacial score (nSPS) is 11.7. The number of nitrogens with zero attached hydrogens (tertiary/aromatic N) is 5. The monoisotopic (exact) mass is 413 g/mol. The second-order valence-electron chi connectivity index (χ2n) is 5.50. The van der Waals surface area contributed by atoms with Crippen molar-refractivity contribution in [1.82, 2.24) is 19.6 Å². The van der Waals surface area contributed by atoms with Crippen molar-refractivity contribution < 1.29 is 13.2 Å². The Labute approximate surface area is 159 Å². The molecule has 11 heteroatoms. The molecule has 1 aromatic carbocycles. The third kappa shape index (κ3) is 3.02. The summed E-state index contributed by atoms with van der Waals surface area (Å²) in [6, 6.07) is 6.13. The number of hydrogen-bond acceptors (Lipinski definition) is 6. The highest BCUT2D eigenvalue weighted by molar-refractivity contribution is 7.93. The molecule has 0 aliphatic rings. The molecule has 0 unspecified atom stereocenters. The van der Waals surface area contributed by atoms with E-state index in [1.807, 2.05) is 0 Å². The quantitative estimate of drug-likeness (QED) is 0.654. The van der Waals surface area contributed by atoms with Crippen LogP contribution in [-0.2, 0) is 14.8 Å². The zero-order valence-corrected chi connectivity index (χ0v) is 16.3. The van der Waals surface area contributed by atoms with Crippen molar-refractivity contribution in [3.8, 4) is 0 Å². The molecule has 0 fully saturated rings. The molecule has 0 atom stereocenters. The molecule has 2 aromatic heterocycles. The van der Waals surface area contributed by atoms with Gasteiger partial charge >= 0.3 is 10.0 Å². The van der Waals surface area contributed by atoms with E-state index in [0.717, 1.165) is 6.92 Å². The van der Waals surface area contributed by atoms with Gasteiger partial charge in [0, 0.05) is 18.3 Å². The number of halogens is 2. The van der Waals surface area contributed by atoms with Gasteiger partial charge in [-0.1, -0.05) is 29.3 Å². The minimum Gasteiger partial charge on any atom is -0.274 e. The molecule has 8 nitrogen and oxygen atoms in total. The Morgan fingerprint density at radius 2 is 1.77 bits per heavy atom. The third-order valence-corrected chi connectivity index (χ3v) is 5.66. The van der Waals surface area contributed by atoms with Gasteiger partial charge in [-0.2, -0.15) is 17.7 Å². The van der Waals surface area contributed by atoms with Gasteiger partial charge in [-0.3, -0.25) is 4.79 Å². The van der Waals surface area contributed by atoms with Crippen molar-refractivity contribution in [2.45, 2.75) is 25.9 Å². The zero-order valence-electron chi connectivity index (χ0n) is 13.9. The lowest BCUT2D eigenvalue weighted by molar-refractivity contribution is -0.115. The van der Waals surface area contributed by atoms with Crippen molar-refractivity contribution >= 4 is 50.6 Å². The standard InChI is InChI=1S/C15H13Cl2N5O3S/c1-8-7-9(2)21-14(18-8)19-15(20-21)26(24,25)22(10(3)23)13-11(16)5-4-6-12(13)17/h4-7H,1-3H3. The molecule has 1 amide bonds. The molecule has 26 heavy (non-hydrogen) atoms. The Kier molecular flexibility index (Phi) is 4.63. The molecule has 0 radical (unpaired) electrons. The summed E-state index contributed by atoms with van der Waals surface area (Å²) < 4.78 is 27.9. The summed E-state index contributed by atoms with van der Waals surface area (Å²) in [6.45, 7) is 4.57. The Hall–Kier alpha value is -2.23. The SMILES string of the molecule is CC(=O)N(c1c(Cl)cccc1Cl)S(=O)(=O)c1nc2nc(C)cc(C)n2n1. The molecular weight excluding hydrogens is 401 g/mol. The van der Waals surface area contributed by atoms with Gasteiger partial charge in [0.15, 0.2) is 0 Å². The van der Waals surface area contributed by atoms with E-state index in [4.69, 9.17) is 23.2 Å². The van der Waals surface area contributed by atoms with Gasteiger partial charge in [-0.05, 0) is 32.0 Å². The van der Waals surface area contributed by atoms with E-state index in [0.29, 0.717) is 15.7 Å². The van der Waals surface area contributed by atoms with E-state index in [9.17, 15) is 13.2 Å². The number of para-hydroxylation sites is 1. The highest BCUT2D eigenvalue weighted by Gasteiger charge is 2.35. The highest BCUT2D eigenvalue weighted by atomic mass is 35.5. The van der Waals surface area contributed by atoms with Gasteiger partial charge in [0.1, 0.15) is 0 Å². The largest absolute Gasteiger partial charge is 0.308 e. The van der Waals surface area contributed by atoms with Crippen molar-refractivity contribution in [2.24, 2.45) is 0 Å². The molecule has 0 N–H and O–H groups in total. The van der Waals surface area contributed by atoms with E-state index in [2.05, 4.69) is 15.1 Å². The van der Waals surface area contributed by atoms with Gasteiger partial charge in [-0.15, -0.1) is 5.10 Å². The zero-order chi connectivity index (χ0) is 19.2. The summed E-state index contributed by atoms with van der Waals surface area (Å²) in [4.78, 5) is 20.3. The van der Waals surface area contributed by atoms with E-state index in [1.54, 1.807) is 26.0 Å². The van der Waals surface area contributed by atoms with Crippen LogP contribution < -0.4 is 4.31 Å². The lowest BCUT2D eigenvalue weighted by Gasteiger charge is -2.21. The number of hydrogen-bond donors (Lipinski definition) is 0. The number of aryl methyl sites for hydroxylation is 2. The first-order valence-corrected chi connectivity index (χ1v) is 9.53. The fourth-order valence-corrected chi connectivity index (χ4v) is 4.46. The molecule has 0 aliphatic heterocycles. The number of amides is 1. The number of carbonyl (C=O) groups excluding carboxylic acids is 1. The van der Waals surface area contributed by atoms with Gasteiger partial charge in [0.05, 0.1) is 15.7 Å². The summed E-state index contributed by atoms with van der Waals surface area (Å²) in [7, 11) is -4.46. The minimum absolute atomic E-state index is 0.00480. The van der Waals surface area contributed by atoms with Crippen LogP contribution in [0, 0.1) is 13.8 Å². The fourth-order valence-electron chi connectivity index (χ4n) is 2.47. The molecule has 0 spiro atoms. The number of rotatable bonds is 3. The minimum atomic E-state index is -4.46. The van der Waals surface area contributed by atoms with Crippen LogP contribution in [-0.4, -0.2) is 33.9 Å². The number of anilines is 1. The summed E-state index contributed by atoms with van der Waals surface area (Å²) in [6.07, 6.45) is 0. The van der Waals surface area contributed by atoms with E-state index in [1.165, 1.54) is 16.6 Å². The van der Waals surface area contributed by atoms with E-state index in [-0.39, 0.29) is 21.5 Å². The lowest BCUT2D eigenvalue weighted by atomic mass is 10.3. The number of carbonyl (C=O) groups is 1. The first-order chi connectivity index (χ1) is 12.1. The molecule has 0 saturated heterocycles. The van der Waals surface area contributed by atoms with Crippen LogP contribution in [0.4, 0.5) is 5.69 Å². The third-order valence-electron chi connectivity index (χ3n) is 3.50. The highest BCUT2D eigenvalue weighted by Crippen LogP contribution is 2.36. The molecule has 3 aromatic rings. The average molecular weight is 414 g/mol. The maximum absolute atomic E-state index is 13.1. The number of aromatic nitrogens is 4. The number of sulfonamides is 1. The number of benzene rings is 1. The summed E-state index contributed by atoms with van der Waals surface area (Å²) >= 11 is 12.2. The Morgan fingerprint density at radius 1 is 1.15 bits per heavy atom. The first kappa shape index (κ1) is 18.6. The van der Waals surface area contributed by atoms with Crippen molar-refractivity contribution in [3.63, 3.8) is 0 Å². The van der Waals surface area contributed by atoms with Gasteiger partial charge in [0.25, 0.3) is 10.9 Å². The van der Waals surface area contributed by atoms with Crippen LogP contribution in [0.2, 0.25) is 10.0 Å². The van der Waals surface area contributed by atoms with Crippen molar-refractivity contribution in [3.05, 3.63) is 45.7 Å². The molecule has 136 valence electrons. The Bertz CT molecular complexity index is 1120. The molecule has 2 heterocycles. The van der Waals surface area contributed by atoms with Crippen molar-refractivity contribution in [1.29, 1.82) is 0 Å². The maximum Gasteiger partial charge on any atom is 0.308 e. The summed E-state index contributed by atoms with van der Waals surface area (Å²) in [5.74, 6) is -0.699. The summed E-state index contributed by atoms with van der Waals surface area (Å²) in [5.41, 5.74) is 1.15.